The minimum absolute atomic E-state index is 0.310. The van der Waals surface area contributed by atoms with Gasteiger partial charge in [-0.25, -0.2) is 0 Å². The first-order chi connectivity index (χ1) is 8.13. The number of rotatable bonds is 4. The second-order valence-corrected chi connectivity index (χ2v) is 4.13. The van der Waals surface area contributed by atoms with E-state index in [4.69, 9.17) is 10.4 Å². The number of benzene rings is 1. The molecule has 0 aliphatic rings. The van der Waals surface area contributed by atoms with Crippen LogP contribution in [0.5, 0.6) is 0 Å². The number of hydrogen-bond acceptors (Lipinski definition) is 4. The average molecular weight is 234 g/mol. The van der Waals surface area contributed by atoms with E-state index in [1.165, 1.54) is 5.56 Å². The van der Waals surface area contributed by atoms with Crippen molar-refractivity contribution in [2.75, 3.05) is 0 Å². The van der Waals surface area contributed by atoms with Crippen LogP contribution < -0.4 is 0 Å². The molecule has 0 bridgehead atoms. The van der Waals surface area contributed by atoms with Gasteiger partial charge in [0.1, 0.15) is 11.4 Å². The topological polar surface area (TPSA) is 65.2 Å². The Labute approximate surface area is 101 Å². The van der Waals surface area contributed by atoms with Crippen molar-refractivity contribution < 1.29 is 10.4 Å². The third kappa shape index (κ3) is 3.06. The van der Waals surface area contributed by atoms with Crippen molar-refractivity contribution in [2.24, 2.45) is 10.3 Å². The van der Waals surface area contributed by atoms with Crippen LogP contribution in [0.4, 0.5) is 0 Å². The lowest BCUT2D eigenvalue weighted by atomic mass is 9.98. The summed E-state index contributed by atoms with van der Waals surface area (Å²) in [6, 6.07) is 7.70. The van der Waals surface area contributed by atoms with Gasteiger partial charge in [0.2, 0.25) is 0 Å². The predicted octanol–water partition coefficient (Wildman–Crippen LogP) is 3.23. The number of oxime groups is 2. The fourth-order valence-corrected chi connectivity index (χ4v) is 1.59. The van der Waals surface area contributed by atoms with E-state index in [9.17, 15) is 0 Å². The van der Waals surface area contributed by atoms with Gasteiger partial charge >= 0.3 is 0 Å². The first kappa shape index (κ1) is 13.2. The van der Waals surface area contributed by atoms with E-state index in [1.54, 1.807) is 0 Å². The van der Waals surface area contributed by atoms with E-state index in [-0.39, 0.29) is 0 Å². The molecule has 0 heterocycles. The van der Waals surface area contributed by atoms with Crippen molar-refractivity contribution in [3.05, 3.63) is 35.4 Å². The molecule has 4 nitrogen and oxygen atoms in total. The summed E-state index contributed by atoms with van der Waals surface area (Å²) in [6.07, 6.45) is 0.502. The lowest BCUT2D eigenvalue weighted by molar-refractivity contribution is 0.313. The molecule has 1 aromatic carbocycles. The molecule has 0 fully saturated rings. The van der Waals surface area contributed by atoms with Crippen molar-refractivity contribution in [1.82, 2.24) is 0 Å². The molecule has 2 N–H and O–H groups in total. The highest BCUT2D eigenvalue weighted by Gasteiger charge is 2.11. The van der Waals surface area contributed by atoms with Crippen LogP contribution in [-0.2, 0) is 0 Å². The lowest BCUT2D eigenvalue weighted by Crippen LogP contribution is -2.15. The van der Waals surface area contributed by atoms with Crippen LogP contribution in [0.25, 0.3) is 0 Å². The summed E-state index contributed by atoms with van der Waals surface area (Å²) in [5.41, 5.74) is 2.63. The van der Waals surface area contributed by atoms with Crippen molar-refractivity contribution in [3.63, 3.8) is 0 Å². The second kappa shape index (κ2) is 6.03. The Hall–Kier alpha value is -1.84. The predicted molar refractivity (Wildman–Crippen MR) is 68.4 cm³/mol. The van der Waals surface area contributed by atoms with Gasteiger partial charge in [-0.05, 0) is 17.9 Å². The zero-order chi connectivity index (χ0) is 12.8. The molecule has 1 rings (SSSR count). The van der Waals surface area contributed by atoms with E-state index in [2.05, 4.69) is 24.2 Å². The quantitative estimate of drug-likeness (QED) is 0.477. The SMILES string of the molecule is CCC(=NO)C(=NO)c1ccc(C(C)C)cc1. The summed E-state index contributed by atoms with van der Waals surface area (Å²) in [5, 5.41) is 24.2. The largest absolute Gasteiger partial charge is 0.411 e. The zero-order valence-corrected chi connectivity index (χ0v) is 10.4. The summed E-state index contributed by atoms with van der Waals surface area (Å²) in [5.74, 6) is 0.454. The van der Waals surface area contributed by atoms with E-state index < -0.39 is 0 Å². The maximum absolute atomic E-state index is 8.99. The highest BCUT2D eigenvalue weighted by Crippen LogP contribution is 2.15. The molecule has 4 heteroatoms. The molecule has 1 aromatic rings. The van der Waals surface area contributed by atoms with Gasteiger partial charge in [0.15, 0.2) is 0 Å². The Kier molecular flexibility index (Phi) is 4.69. The van der Waals surface area contributed by atoms with Gasteiger partial charge in [0, 0.05) is 5.56 Å². The van der Waals surface area contributed by atoms with Crippen LogP contribution >= 0.6 is 0 Å². The van der Waals surface area contributed by atoms with Crippen LogP contribution in [0.15, 0.2) is 34.6 Å². The second-order valence-electron chi connectivity index (χ2n) is 4.13. The lowest BCUT2D eigenvalue weighted by Gasteiger charge is -2.08. The molecule has 0 radical (unpaired) electrons. The summed E-state index contributed by atoms with van der Waals surface area (Å²) >= 11 is 0. The van der Waals surface area contributed by atoms with Crippen molar-refractivity contribution >= 4 is 11.4 Å². The van der Waals surface area contributed by atoms with Gasteiger partial charge in [0.25, 0.3) is 0 Å². The number of hydrogen-bond donors (Lipinski definition) is 2. The van der Waals surface area contributed by atoms with E-state index >= 15 is 0 Å². The Bertz CT molecular complexity index is 420. The highest BCUT2D eigenvalue weighted by molar-refractivity contribution is 6.48. The van der Waals surface area contributed by atoms with Crippen LogP contribution in [0.2, 0.25) is 0 Å². The molecule has 0 aliphatic carbocycles. The Balaban J connectivity index is 3.07. The molecule has 0 aliphatic heterocycles. The minimum Gasteiger partial charge on any atom is -0.411 e. The van der Waals surface area contributed by atoms with Crippen LogP contribution in [0, 0.1) is 0 Å². The number of nitrogens with zero attached hydrogens (tertiary/aromatic N) is 2. The third-order valence-corrected chi connectivity index (χ3v) is 2.68. The molecule has 17 heavy (non-hydrogen) atoms. The maximum Gasteiger partial charge on any atom is 0.134 e. The molecule has 0 saturated heterocycles. The van der Waals surface area contributed by atoms with Crippen molar-refractivity contribution in [1.29, 1.82) is 0 Å². The van der Waals surface area contributed by atoms with Gasteiger partial charge in [-0.3, -0.25) is 0 Å². The van der Waals surface area contributed by atoms with Gasteiger partial charge < -0.3 is 10.4 Å². The molecule has 0 saturated carbocycles. The van der Waals surface area contributed by atoms with E-state index in [1.807, 2.05) is 31.2 Å². The third-order valence-electron chi connectivity index (χ3n) is 2.68. The van der Waals surface area contributed by atoms with Gasteiger partial charge in [-0.2, -0.15) is 0 Å². The molecule has 0 amide bonds. The maximum atomic E-state index is 8.99. The van der Waals surface area contributed by atoms with Gasteiger partial charge in [-0.1, -0.05) is 55.3 Å². The summed E-state index contributed by atoms with van der Waals surface area (Å²) in [6.45, 7) is 6.06. The molecule has 0 atom stereocenters. The summed E-state index contributed by atoms with van der Waals surface area (Å²) in [4.78, 5) is 0. The van der Waals surface area contributed by atoms with Crippen molar-refractivity contribution in [2.45, 2.75) is 33.1 Å². The van der Waals surface area contributed by atoms with Crippen LogP contribution in [-0.4, -0.2) is 21.8 Å². The van der Waals surface area contributed by atoms with Gasteiger partial charge in [-0.15, -0.1) is 0 Å². The fraction of sp³-hybridized carbons (Fsp3) is 0.385. The van der Waals surface area contributed by atoms with Gasteiger partial charge in [0.05, 0.1) is 0 Å². The Morgan fingerprint density at radius 1 is 1.12 bits per heavy atom. The monoisotopic (exact) mass is 234 g/mol. The molecular formula is C13H18N2O2. The molecule has 0 aromatic heterocycles. The van der Waals surface area contributed by atoms with Crippen LogP contribution in [0.1, 0.15) is 44.2 Å². The summed E-state index contributed by atoms with van der Waals surface area (Å²) in [7, 11) is 0. The fourth-order valence-electron chi connectivity index (χ4n) is 1.59. The minimum atomic E-state index is 0.310. The first-order valence-corrected chi connectivity index (χ1v) is 5.67. The van der Waals surface area contributed by atoms with E-state index in [0.29, 0.717) is 23.8 Å². The Morgan fingerprint density at radius 3 is 2.06 bits per heavy atom. The zero-order valence-electron chi connectivity index (χ0n) is 10.4. The normalized spacial score (nSPS) is 13.2. The Morgan fingerprint density at radius 2 is 1.71 bits per heavy atom. The van der Waals surface area contributed by atoms with E-state index in [0.717, 1.165) is 5.56 Å². The molecule has 0 spiro atoms. The average Bonchev–Trinajstić information content (AvgIpc) is 2.36. The standard InChI is InChI=1S/C13H18N2O2/c1-4-12(14-16)13(15-17)11-7-5-10(6-8-11)9(2)3/h5-9,16-17H,4H2,1-3H3. The molecular weight excluding hydrogens is 216 g/mol. The van der Waals surface area contributed by atoms with Crippen molar-refractivity contribution in [3.8, 4) is 0 Å². The van der Waals surface area contributed by atoms with Crippen LogP contribution in [0.3, 0.4) is 0 Å². The molecule has 0 unspecified atom stereocenters. The highest BCUT2D eigenvalue weighted by atomic mass is 16.4. The summed E-state index contributed by atoms with van der Waals surface area (Å²) < 4.78 is 0. The smallest absolute Gasteiger partial charge is 0.134 e. The first-order valence-electron chi connectivity index (χ1n) is 5.67. The molecule has 92 valence electrons.